The summed E-state index contributed by atoms with van der Waals surface area (Å²) >= 11 is 0. The minimum Gasteiger partial charge on any atom is -0.408 e. The zero-order valence-electron chi connectivity index (χ0n) is 7.12. The van der Waals surface area contributed by atoms with Gasteiger partial charge in [0.2, 0.25) is 5.89 Å². The summed E-state index contributed by atoms with van der Waals surface area (Å²) in [4.78, 5) is 0. The molecule has 0 spiro atoms. The number of ether oxygens (including phenoxy) is 1. The zero-order valence-corrected chi connectivity index (χ0v) is 7.12. The van der Waals surface area contributed by atoms with E-state index in [1.165, 1.54) is 0 Å². The van der Waals surface area contributed by atoms with Crippen molar-refractivity contribution in [1.29, 1.82) is 0 Å². The second-order valence-corrected chi connectivity index (χ2v) is 2.33. The topological polar surface area (TPSA) is 74.2 Å². The Labute approximate surface area is 70.9 Å². The molecule has 0 radical (unpaired) electrons. The van der Waals surface area contributed by atoms with Crippen molar-refractivity contribution in [3.05, 3.63) is 5.89 Å². The molecule has 0 aliphatic carbocycles. The van der Waals surface area contributed by atoms with Crippen molar-refractivity contribution >= 4 is 6.01 Å². The molecule has 0 saturated carbocycles. The number of nitrogen functional groups attached to an aromatic ring is 1. The molecule has 5 heteroatoms. The van der Waals surface area contributed by atoms with E-state index in [0.29, 0.717) is 5.89 Å². The fourth-order valence-electron chi connectivity index (χ4n) is 0.837. The van der Waals surface area contributed by atoms with E-state index in [9.17, 15) is 0 Å². The van der Waals surface area contributed by atoms with Gasteiger partial charge in [0.1, 0.15) is 0 Å². The lowest BCUT2D eigenvalue weighted by molar-refractivity contribution is 0.144. The van der Waals surface area contributed by atoms with Gasteiger partial charge >= 0.3 is 6.01 Å². The highest BCUT2D eigenvalue weighted by molar-refractivity contribution is 5.04. The van der Waals surface area contributed by atoms with Crippen LogP contribution in [0.25, 0.3) is 0 Å². The highest BCUT2D eigenvalue weighted by Crippen LogP contribution is 2.02. The van der Waals surface area contributed by atoms with Crippen molar-refractivity contribution in [3.63, 3.8) is 0 Å². The van der Waals surface area contributed by atoms with Crippen LogP contribution in [0, 0.1) is 0 Å². The van der Waals surface area contributed by atoms with E-state index in [2.05, 4.69) is 10.2 Å². The van der Waals surface area contributed by atoms with Crippen LogP contribution in [0.4, 0.5) is 6.01 Å². The molecule has 0 fully saturated rings. The summed E-state index contributed by atoms with van der Waals surface area (Å²) in [5, 5.41) is 7.25. The van der Waals surface area contributed by atoms with Gasteiger partial charge in [-0.15, -0.1) is 5.10 Å². The molecule has 68 valence electrons. The number of nitrogens with zero attached hydrogens (tertiary/aromatic N) is 2. The van der Waals surface area contributed by atoms with Gasteiger partial charge in [-0.25, -0.2) is 0 Å². The van der Waals surface area contributed by atoms with Crippen molar-refractivity contribution in [3.8, 4) is 0 Å². The van der Waals surface area contributed by atoms with Gasteiger partial charge in [0, 0.05) is 19.6 Å². The van der Waals surface area contributed by atoms with E-state index >= 15 is 0 Å². The van der Waals surface area contributed by atoms with Crippen molar-refractivity contribution in [2.75, 3.05) is 18.9 Å². The fourth-order valence-corrected chi connectivity index (χ4v) is 0.837. The van der Waals surface area contributed by atoms with E-state index in [4.69, 9.17) is 14.9 Å². The lowest BCUT2D eigenvalue weighted by Gasteiger charge is -1.96. The van der Waals surface area contributed by atoms with Crippen molar-refractivity contribution < 1.29 is 9.15 Å². The molecule has 0 bridgehead atoms. The third-order valence-corrected chi connectivity index (χ3v) is 1.37. The van der Waals surface area contributed by atoms with Crippen LogP contribution >= 0.6 is 0 Å². The molecule has 0 saturated heterocycles. The number of nitrogens with two attached hydrogens (primary N) is 1. The van der Waals surface area contributed by atoms with E-state index in [-0.39, 0.29) is 6.01 Å². The van der Waals surface area contributed by atoms with Crippen LogP contribution < -0.4 is 5.73 Å². The average Bonchev–Trinajstić information content (AvgIpc) is 2.45. The van der Waals surface area contributed by atoms with E-state index in [0.717, 1.165) is 26.1 Å². The van der Waals surface area contributed by atoms with Crippen LogP contribution in [0.1, 0.15) is 19.2 Å². The molecule has 5 nitrogen and oxygen atoms in total. The van der Waals surface area contributed by atoms with Crippen molar-refractivity contribution in [2.24, 2.45) is 0 Å². The van der Waals surface area contributed by atoms with Gasteiger partial charge in [0.05, 0.1) is 0 Å². The first-order chi connectivity index (χ1) is 5.83. The average molecular weight is 171 g/mol. The predicted octanol–water partition coefficient (Wildman–Crippen LogP) is 0.621. The Bertz CT molecular complexity index is 224. The molecule has 0 amide bonds. The van der Waals surface area contributed by atoms with Crippen molar-refractivity contribution in [1.82, 2.24) is 10.2 Å². The Hall–Kier alpha value is -1.10. The SMILES string of the molecule is CCOCCCc1nnc(N)o1. The number of anilines is 1. The molecule has 1 aromatic rings. The Kier molecular flexibility index (Phi) is 3.53. The van der Waals surface area contributed by atoms with Gasteiger partial charge in [-0.3, -0.25) is 0 Å². The Morgan fingerprint density at radius 2 is 2.33 bits per heavy atom. The Balaban J connectivity index is 2.15. The molecule has 1 heterocycles. The standard InChI is InChI=1S/C7H13N3O2/c1-2-11-5-3-4-6-9-10-7(8)12-6/h2-5H2,1H3,(H2,8,10). The summed E-state index contributed by atoms with van der Waals surface area (Å²) in [5.74, 6) is 0.576. The number of hydrogen-bond donors (Lipinski definition) is 1. The molecule has 12 heavy (non-hydrogen) atoms. The molecule has 0 aliphatic rings. The summed E-state index contributed by atoms with van der Waals surface area (Å²) < 4.78 is 10.1. The minimum absolute atomic E-state index is 0.126. The Morgan fingerprint density at radius 1 is 1.50 bits per heavy atom. The van der Waals surface area contributed by atoms with Crippen LogP contribution in [-0.2, 0) is 11.2 Å². The molecular weight excluding hydrogens is 158 g/mol. The number of rotatable bonds is 5. The summed E-state index contributed by atoms with van der Waals surface area (Å²) in [6, 6.07) is 0.126. The monoisotopic (exact) mass is 171 g/mol. The first-order valence-electron chi connectivity index (χ1n) is 3.98. The smallest absolute Gasteiger partial charge is 0.312 e. The van der Waals surface area contributed by atoms with Crippen LogP contribution in [-0.4, -0.2) is 23.4 Å². The summed E-state index contributed by atoms with van der Waals surface area (Å²) in [6.07, 6.45) is 1.61. The molecule has 1 rings (SSSR count). The van der Waals surface area contributed by atoms with Crippen LogP contribution in [0.3, 0.4) is 0 Å². The maximum absolute atomic E-state index is 5.24. The third-order valence-electron chi connectivity index (χ3n) is 1.37. The first-order valence-corrected chi connectivity index (χ1v) is 3.98. The van der Waals surface area contributed by atoms with Crippen LogP contribution in [0.2, 0.25) is 0 Å². The molecule has 0 unspecified atom stereocenters. The quantitative estimate of drug-likeness (QED) is 0.657. The van der Waals surface area contributed by atoms with Crippen molar-refractivity contribution in [2.45, 2.75) is 19.8 Å². The summed E-state index contributed by atoms with van der Waals surface area (Å²) in [6.45, 7) is 3.43. The van der Waals surface area contributed by atoms with E-state index in [1.807, 2.05) is 6.92 Å². The maximum Gasteiger partial charge on any atom is 0.312 e. The normalized spacial score (nSPS) is 10.4. The van der Waals surface area contributed by atoms with Gasteiger partial charge in [-0.2, -0.15) is 0 Å². The molecular formula is C7H13N3O2. The van der Waals surface area contributed by atoms with E-state index < -0.39 is 0 Å². The molecule has 0 aliphatic heterocycles. The lowest BCUT2D eigenvalue weighted by atomic mass is 10.3. The first kappa shape index (κ1) is 8.99. The predicted molar refractivity (Wildman–Crippen MR) is 43.5 cm³/mol. The van der Waals surface area contributed by atoms with Gasteiger partial charge in [0.15, 0.2) is 0 Å². The van der Waals surface area contributed by atoms with Crippen LogP contribution in [0.15, 0.2) is 4.42 Å². The number of aryl methyl sites for hydroxylation is 1. The second-order valence-electron chi connectivity index (χ2n) is 2.33. The second kappa shape index (κ2) is 4.71. The highest BCUT2D eigenvalue weighted by Gasteiger charge is 2.01. The molecule has 2 N–H and O–H groups in total. The lowest BCUT2D eigenvalue weighted by Crippen LogP contribution is -1.95. The summed E-state index contributed by atoms with van der Waals surface area (Å²) in [5.41, 5.74) is 5.24. The molecule has 0 aromatic carbocycles. The van der Waals surface area contributed by atoms with Gasteiger partial charge in [0.25, 0.3) is 0 Å². The van der Waals surface area contributed by atoms with E-state index in [1.54, 1.807) is 0 Å². The van der Waals surface area contributed by atoms with Gasteiger partial charge in [-0.05, 0) is 13.3 Å². The summed E-state index contributed by atoms with van der Waals surface area (Å²) in [7, 11) is 0. The molecule has 1 aromatic heterocycles. The Morgan fingerprint density at radius 3 is 2.92 bits per heavy atom. The maximum atomic E-state index is 5.24. The third kappa shape index (κ3) is 2.87. The van der Waals surface area contributed by atoms with Gasteiger partial charge in [-0.1, -0.05) is 5.10 Å². The zero-order chi connectivity index (χ0) is 8.81. The van der Waals surface area contributed by atoms with Crippen LogP contribution in [0.5, 0.6) is 0 Å². The van der Waals surface area contributed by atoms with Gasteiger partial charge < -0.3 is 14.9 Å². The largest absolute Gasteiger partial charge is 0.408 e. The fraction of sp³-hybridized carbons (Fsp3) is 0.714. The number of aromatic nitrogens is 2. The minimum atomic E-state index is 0.126. The molecule has 0 atom stereocenters. The number of hydrogen-bond acceptors (Lipinski definition) is 5. The highest BCUT2D eigenvalue weighted by atomic mass is 16.5.